The molecule has 0 N–H and O–H groups in total. The van der Waals surface area contributed by atoms with Gasteiger partial charge in [-0.3, -0.25) is 4.79 Å². The first-order valence-electron chi connectivity index (χ1n) is 8.60. The molecule has 1 aromatic rings. The minimum Gasteiger partial charge on any atom is -0.465 e. The van der Waals surface area contributed by atoms with Crippen LogP contribution in [-0.2, 0) is 4.74 Å². The lowest BCUT2D eigenvalue weighted by atomic mass is 10.1. The maximum absolute atomic E-state index is 13.1. The van der Waals surface area contributed by atoms with Gasteiger partial charge in [0.15, 0.2) is 0 Å². The summed E-state index contributed by atoms with van der Waals surface area (Å²) in [6.45, 7) is 12.6. The summed E-state index contributed by atoms with van der Waals surface area (Å²) >= 11 is 0. The quantitative estimate of drug-likeness (QED) is 0.179. The van der Waals surface area contributed by atoms with Crippen LogP contribution in [0.15, 0.2) is 24.3 Å². The van der Waals surface area contributed by atoms with Crippen molar-refractivity contribution in [2.45, 2.75) is 58.2 Å². The number of carbonyl (C=O) groups is 2. The summed E-state index contributed by atoms with van der Waals surface area (Å²) in [6.07, 6.45) is 0. The zero-order chi connectivity index (χ0) is 19.4. The fourth-order valence-corrected chi connectivity index (χ4v) is 10.5. The van der Waals surface area contributed by atoms with Crippen LogP contribution in [0.1, 0.15) is 62.3 Å². The molecule has 5 nitrogen and oxygen atoms in total. The fraction of sp³-hybridized carbons (Fsp3) is 0.526. The second kappa shape index (κ2) is 8.36. The number of ether oxygens (including phenoxy) is 1. The van der Waals surface area contributed by atoms with E-state index >= 15 is 0 Å². The highest BCUT2D eigenvalue weighted by atomic mass is 28.3. The van der Waals surface area contributed by atoms with E-state index in [1.165, 1.54) is 7.11 Å². The van der Waals surface area contributed by atoms with Gasteiger partial charge in [-0.1, -0.05) is 41.5 Å². The highest BCUT2D eigenvalue weighted by molar-refractivity contribution is 7.16. The average molecular weight is 361 g/mol. The van der Waals surface area contributed by atoms with E-state index in [1.807, 2.05) is 0 Å². The molecule has 0 unspecified atom stereocenters. The highest BCUT2D eigenvalue weighted by Gasteiger charge is 2.56. The molecule has 0 aliphatic carbocycles. The van der Waals surface area contributed by atoms with Crippen LogP contribution < -0.4 is 0 Å². The van der Waals surface area contributed by atoms with E-state index in [0.29, 0.717) is 16.5 Å². The molecule has 0 radical (unpaired) electrons. The Morgan fingerprint density at radius 3 is 1.64 bits per heavy atom. The van der Waals surface area contributed by atoms with Gasteiger partial charge in [0.25, 0.3) is 5.78 Å². The van der Waals surface area contributed by atoms with Crippen molar-refractivity contribution in [2.24, 2.45) is 0 Å². The summed E-state index contributed by atoms with van der Waals surface area (Å²) < 4.78 is 4.67. The van der Waals surface area contributed by atoms with Gasteiger partial charge >= 0.3 is 11.3 Å². The van der Waals surface area contributed by atoms with E-state index in [0.717, 1.165) is 0 Å². The fourth-order valence-electron chi connectivity index (χ4n) is 4.16. The first kappa shape index (κ1) is 21.0. The number of hydrogen-bond acceptors (Lipinski definition) is 3. The summed E-state index contributed by atoms with van der Waals surface area (Å²) in [4.78, 5) is 28.2. The van der Waals surface area contributed by atoms with Crippen molar-refractivity contribution < 1.29 is 19.1 Å². The summed E-state index contributed by atoms with van der Waals surface area (Å²) in [5.74, 6) is -0.716. The predicted octanol–water partition coefficient (Wildman–Crippen LogP) is 4.54. The summed E-state index contributed by atoms with van der Waals surface area (Å²) in [5, 5.41) is 0.304. The van der Waals surface area contributed by atoms with Gasteiger partial charge in [0.05, 0.1) is 12.7 Å². The number of benzene rings is 1. The predicted molar refractivity (Wildman–Crippen MR) is 102 cm³/mol. The van der Waals surface area contributed by atoms with Crippen LogP contribution in [0.2, 0.25) is 16.6 Å². The first-order chi connectivity index (χ1) is 11.6. The van der Waals surface area contributed by atoms with Crippen LogP contribution in [-0.4, -0.2) is 37.1 Å². The zero-order valence-corrected chi connectivity index (χ0v) is 17.2. The van der Waals surface area contributed by atoms with Crippen molar-refractivity contribution in [2.75, 3.05) is 7.11 Å². The number of methoxy groups -OCH3 is 1. The summed E-state index contributed by atoms with van der Waals surface area (Å²) in [5.41, 5.74) is 11.3. The standard InChI is InChI=1S/C19H28N2O3Si/c1-12(2)25(13(3)4,14(5)6)18(21-20)17(22)15-8-10-16(11-9-15)19(23)24-7/h8-14H,1-7H3. The van der Waals surface area contributed by atoms with E-state index in [1.54, 1.807) is 24.3 Å². The lowest BCUT2D eigenvalue weighted by molar-refractivity contribution is -0.00296. The third kappa shape index (κ3) is 3.80. The number of rotatable bonds is 7. The van der Waals surface area contributed by atoms with E-state index in [-0.39, 0.29) is 22.4 Å². The molecular weight excluding hydrogens is 332 g/mol. The van der Waals surface area contributed by atoms with Crippen LogP contribution in [0.3, 0.4) is 0 Å². The molecule has 0 aliphatic rings. The molecule has 6 heteroatoms. The molecule has 0 bridgehead atoms. The number of hydrogen-bond donors (Lipinski definition) is 0. The van der Waals surface area contributed by atoms with Crippen molar-refractivity contribution in [3.05, 3.63) is 40.9 Å². The minimum absolute atomic E-state index is 0.247. The monoisotopic (exact) mass is 360 g/mol. The van der Waals surface area contributed by atoms with E-state index in [2.05, 4.69) is 51.1 Å². The van der Waals surface area contributed by atoms with E-state index in [9.17, 15) is 15.1 Å². The normalized spacial score (nSPS) is 11.6. The molecule has 0 atom stereocenters. The van der Waals surface area contributed by atoms with Gasteiger partial charge in [0, 0.05) is 5.56 Å². The van der Waals surface area contributed by atoms with Crippen molar-refractivity contribution in [1.29, 1.82) is 0 Å². The molecule has 0 saturated carbocycles. The largest absolute Gasteiger partial charge is 0.465 e. The number of esters is 1. The zero-order valence-electron chi connectivity index (χ0n) is 16.2. The van der Waals surface area contributed by atoms with Gasteiger partial charge < -0.3 is 10.3 Å². The molecule has 0 spiro atoms. The Bertz CT molecular complexity index is 665. The van der Waals surface area contributed by atoms with E-state index < -0.39 is 14.0 Å². The second-order valence-electron chi connectivity index (χ2n) is 7.24. The Morgan fingerprint density at radius 2 is 1.32 bits per heavy atom. The third-order valence-electron chi connectivity index (χ3n) is 5.16. The van der Waals surface area contributed by atoms with Gasteiger partial charge in [-0.25, -0.2) is 4.79 Å². The molecular formula is C19H28N2O3Si. The van der Waals surface area contributed by atoms with Gasteiger partial charge in [-0.05, 0) is 40.9 Å². The van der Waals surface area contributed by atoms with Crippen molar-refractivity contribution in [1.82, 2.24) is 0 Å². The van der Waals surface area contributed by atoms with Crippen LogP contribution in [0.4, 0.5) is 0 Å². The minimum atomic E-state index is -2.39. The average Bonchev–Trinajstić information content (AvgIpc) is 2.57. The van der Waals surface area contributed by atoms with Gasteiger partial charge in [-0.15, -0.1) is 0 Å². The lowest BCUT2D eigenvalue weighted by Crippen LogP contribution is -2.56. The molecule has 136 valence electrons. The SMILES string of the molecule is COC(=O)c1ccc(C(=O)C(=[N+]=[N-])[Si](C(C)C)(C(C)C)C(C)C)cc1. The molecule has 1 rings (SSSR count). The number of ketones is 1. The van der Waals surface area contributed by atoms with Crippen molar-refractivity contribution in [3.8, 4) is 0 Å². The molecule has 0 amide bonds. The first-order valence-corrected chi connectivity index (χ1v) is 10.8. The molecule has 0 aromatic heterocycles. The maximum Gasteiger partial charge on any atom is 0.337 e. The molecule has 1 aromatic carbocycles. The van der Waals surface area contributed by atoms with Gasteiger partial charge in [-0.2, -0.15) is 4.79 Å². The summed E-state index contributed by atoms with van der Waals surface area (Å²) in [7, 11) is -1.08. The van der Waals surface area contributed by atoms with Crippen LogP contribution >= 0.6 is 0 Å². The highest BCUT2D eigenvalue weighted by Crippen LogP contribution is 2.42. The van der Waals surface area contributed by atoms with Crippen LogP contribution in [0.5, 0.6) is 0 Å². The Labute approximate surface area is 151 Å². The smallest absolute Gasteiger partial charge is 0.337 e. The Hall–Kier alpha value is -2.04. The molecule has 0 heterocycles. The lowest BCUT2D eigenvalue weighted by Gasteiger charge is -2.37. The maximum atomic E-state index is 13.1. The number of nitrogens with zero attached hydrogens (tertiary/aromatic N) is 2. The number of carbonyl (C=O) groups excluding carboxylic acids is 2. The van der Waals surface area contributed by atoms with Gasteiger partial charge in [0.1, 0.15) is 0 Å². The van der Waals surface area contributed by atoms with E-state index in [4.69, 9.17) is 0 Å². The number of Topliss-reactive ketones (excluding diaryl/α,β-unsaturated/α-hetero) is 1. The summed E-state index contributed by atoms with van der Waals surface area (Å²) in [6, 6.07) is 6.27. The third-order valence-corrected chi connectivity index (χ3v) is 12.0. The van der Waals surface area contributed by atoms with Crippen LogP contribution in [0.25, 0.3) is 5.53 Å². The molecule has 0 aliphatic heterocycles. The topological polar surface area (TPSA) is 79.8 Å². The Morgan fingerprint density at radius 1 is 0.920 bits per heavy atom. The second-order valence-corrected chi connectivity index (χ2v) is 13.0. The molecule has 0 fully saturated rings. The molecule has 25 heavy (non-hydrogen) atoms. The Balaban J connectivity index is 3.41. The Kier molecular flexibility index (Phi) is 7.03. The van der Waals surface area contributed by atoms with Crippen molar-refractivity contribution >= 4 is 25.2 Å². The molecule has 0 saturated heterocycles. The van der Waals surface area contributed by atoms with Crippen molar-refractivity contribution in [3.63, 3.8) is 0 Å². The van der Waals surface area contributed by atoms with Gasteiger partial charge in [0.2, 0.25) is 8.07 Å². The van der Waals surface area contributed by atoms with Crippen LogP contribution in [0, 0.1) is 0 Å².